The molecule has 1 heterocycles. The molecule has 24 heavy (non-hydrogen) atoms. The molecule has 2 aromatic carbocycles. The van der Waals surface area contributed by atoms with Gasteiger partial charge < -0.3 is 9.30 Å². The van der Waals surface area contributed by atoms with Crippen molar-refractivity contribution in [3.63, 3.8) is 0 Å². The maximum Gasteiger partial charge on any atom is 0.118 e. The number of hydrogen-bond donors (Lipinski definition) is 0. The number of imidazole rings is 1. The summed E-state index contributed by atoms with van der Waals surface area (Å²) in [7, 11) is 1.67. The van der Waals surface area contributed by atoms with Crippen molar-refractivity contribution in [2.45, 2.75) is 33.2 Å². The predicted octanol–water partition coefficient (Wildman–Crippen LogP) is 4.17. The quantitative estimate of drug-likeness (QED) is 0.709. The van der Waals surface area contributed by atoms with Gasteiger partial charge in [-0.1, -0.05) is 12.1 Å². The molecule has 4 heteroatoms. The number of rotatable bonds is 5. The van der Waals surface area contributed by atoms with E-state index in [1.165, 1.54) is 16.7 Å². The lowest BCUT2D eigenvalue weighted by molar-refractivity contribution is 0.414. The fourth-order valence-corrected chi connectivity index (χ4v) is 2.90. The number of benzene rings is 2. The van der Waals surface area contributed by atoms with Gasteiger partial charge in [-0.3, -0.25) is 0 Å². The van der Waals surface area contributed by atoms with Crippen LogP contribution in [-0.4, -0.2) is 16.7 Å². The van der Waals surface area contributed by atoms with E-state index in [1.807, 2.05) is 12.1 Å². The zero-order valence-corrected chi connectivity index (χ0v) is 14.3. The van der Waals surface area contributed by atoms with E-state index < -0.39 is 0 Å². The Bertz CT molecular complexity index is 901. The highest BCUT2D eigenvalue weighted by Gasteiger charge is 2.12. The summed E-state index contributed by atoms with van der Waals surface area (Å²) >= 11 is 0. The van der Waals surface area contributed by atoms with E-state index in [1.54, 1.807) is 7.11 Å². The molecule has 0 radical (unpaired) electrons. The third kappa shape index (κ3) is 3.11. The van der Waals surface area contributed by atoms with Crippen molar-refractivity contribution in [3.8, 4) is 11.8 Å². The largest absolute Gasteiger partial charge is 0.497 e. The molecule has 0 aliphatic carbocycles. The Hall–Kier alpha value is -2.80. The van der Waals surface area contributed by atoms with Crippen LogP contribution in [0.2, 0.25) is 0 Å². The zero-order chi connectivity index (χ0) is 17.1. The minimum absolute atomic E-state index is 0.480. The molecule has 0 bridgehead atoms. The molecule has 0 aliphatic rings. The maximum atomic E-state index is 8.98. The fraction of sp³-hybridized carbons (Fsp3) is 0.300. The van der Waals surface area contributed by atoms with Gasteiger partial charge in [0.25, 0.3) is 0 Å². The number of fused-ring (bicyclic) bond motifs is 1. The SMILES string of the molecule is COc1ccc(Cc2nc3cc(C)c(C)cc3n2CCC#N)cc1. The van der Waals surface area contributed by atoms with Gasteiger partial charge in [-0.25, -0.2) is 4.98 Å². The van der Waals surface area contributed by atoms with E-state index in [2.05, 4.69) is 48.7 Å². The van der Waals surface area contributed by atoms with Gasteiger partial charge in [-0.05, 0) is 54.8 Å². The van der Waals surface area contributed by atoms with Gasteiger partial charge in [0.05, 0.1) is 30.6 Å². The molecule has 3 rings (SSSR count). The van der Waals surface area contributed by atoms with Crippen molar-refractivity contribution in [2.75, 3.05) is 7.11 Å². The third-order valence-electron chi connectivity index (χ3n) is 4.41. The zero-order valence-electron chi connectivity index (χ0n) is 14.3. The minimum Gasteiger partial charge on any atom is -0.497 e. The van der Waals surface area contributed by atoms with E-state index >= 15 is 0 Å². The van der Waals surface area contributed by atoms with Gasteiger partial charge in [-0.2, -0.15) is 5.26 Å². The van der Waals surface area contributed by atoms with Crippen LogP contribution < -0.4 is 4.74 Å². The van der Waals surface area contributed by atoms with Gasteiger partial charge in [0.15, 0.2) is 0 Å². The van der Waals surface area contributed by atoms with Crippen molar-refractivity contribution >= 4 is 11.0 Å². The summed E-state index contributed by atoms with van der Waals surface area (Å²) in [6.07, 6.45) is 1.22. The lowest BCUT2D eigenvalue weighted by Gasteiger charge is -2.08. The third-order valence-corrected chi connectivity index (χ3v) is 4.41. The number of ether oxygens (including phenoxy) is 1. The standard InChI is InChI=1S/C20H21N3O/c1-14-11-18-19(12-15(14)2)23(10-4-9-21)20(22-18)13-16-5-7-17(24-3)8-6-16/h5-8,11-12H,4,10,13H2,1-3H3. The Kier molecular flexibility index (Phi) is 4.52. The van der Waals surface area contributed by atoms with Crippen molar-refractivity contribution in [1.82, 2.24) is 9.55 Å². The second kappa shape index (κ2) is 6.76. The Balaban J connectivity index is 2.02. The van der Waals surface area contributed by atoms with Crippen molar-refractivity contribution in [1.29, 1.82) is 5.26 Å². The lowest BCUT2D eigenvalue weighted by atomic mass is 10.1. The summed E-state index contributed by atoms with van der Waals surface area (Å²) in [5, 5.41) is 8.98. The summed E-state index contributed by atoms with van der Waals surface area (Å²) in [5.74, 6) is 1.85. The lowest BCUT2D eigenvalue weighted by Crippen LogP contribution is -2.04. The molecule has 3 aromatic rings. The molecule has 1 aromatic heterocycles. The minimum atomic E-state index is 0.480. The highest BCUT2D eigenvalue weighted by Crippen LogP contribution is 2.23. The Morgan fingerprint density at radius 3 is 2.50 bits per heavy atom. The van der Waals surface area contributed by atoms with Crippen LogP contribution in [-0.2, 0) is 13.0 Å². The summed E-state index contributed by atoms with van der Waals surface area (Å²) in [6, 6.07) is 14.6. The normalized spacial score (nSPS) is 10.8. The molecule has 0 N–H and O–H groups in total. The number of aryl methyl sites for hydroxylation is 3. The molecule has 0 aliphatic heterocycles. The summed E-state index contributed by atoms with van der Waals surface area (Å²) in [6.45, 7) is 4.88. The predicted molar refractivity (Wildman–Crippen MR) is 95.2 cm³/mol. The molecule has 4 nitrogen and oxygen atoms in total. The monoisotopic (exact) mass is 319 g/mol. The molecule has 0 saturated heterocycles. The van der Waals surface area contributed by atoms with Gasteiger partial charge in [0.1, 0.15) is 11.6 Å². The van der Waals surface area contributed by atoms with Crippen LogP contribution in [0.4, 0.5) is 0 Å². The molecule has 122 valence electrons. The van der Waals surface area contributed by atoms with Crippen LogP contribution in [0.15, 0.2) is 36.4 Å². The Morgan fingerprint density at radius 1 is 1.12 bits per heavy atom. The fourth-order valence-electron chi connectivity index (χ4n) is 2.90. The van der Waals surface area contributed by atoms with Crippen LogP contribution >= 0.6 is 0 Å². The molecular formula is C20H21N3O. The van der Waals surface area contributed by atoms with E-state index in [0.717, 1.165) is 29.0 Å². The molecule has 0 unspecified atom stereocenters. The summed E-state index contributed by atoms with van der Waals surface area (Å²) < 4.78 is 7.39. The van der Waals surface area contributed by atoms with Crippen molar-refractivity contribution < 1.29 is 4.74 Å². The highest BCUT2D eigenvalue weighted by molar-refractivity contribution is 5.78. The van der Waals surface area contributed by atoms with Gasteiger partial charge >= 0.3 is 0 Å². The van der Waals surface area contributed by atoms with Crippen LogP contribution in [0.25, 0.3) is 11.0 Å². The van der Waals surface area contributed by atoms with Gasteiger partial charge in [-0.15, -0.1) is 0 Å². The number of nitrogens with zero attached hydrogens (tertiary/aromatic N) is 3. The van der Waals surface area contributed by atoms with Crippen LogP contribution in [0.1, 0.15) is 28.9 Å². The second-order valence-electron chi connectivity index (χ2n) is 6.04. The van der Waals surface area contributed by atoms with Crippen molar-refractivity contribution in [2.24, 2.45) is 0 Å². The van der Waals surface area contributed by atoms with Gasteiger partial charge in [0, 0.05) is 13.0 Å². The van der Waals surface area contributed by atoms with Crippen molar-refractivity contribution in [3.05, 3.63) is 58.9 Å². The van der Waals surface area contributed by atoms with Crippen LogP contribution in [0.3, 0.4) is 0 Å². The molecular weight excluding hydrogens is 298 g/mol. The number of nitriles is 1. The molecule has 0 fully saturated rings. The number of aromatic nitrogens is 2. The highest BCUT2D eigenvalue weighted by atomic mass is 16.5. The number of methoxy groups -OCH3 is 1. The Morgan fingerprint density at radius 2 is 1.83 bits per heavy atom. The first-order chi connectivity index (χ1) is 11.6. The Labute approximate surface area is 142 Å². The second-order valence-corrected chi connectivity index (χ2v) is 6.04. The summed E-state index contributed by atoms with van der Waals surface area (Å²) in [4.78, 5) is 4.83. The first kappa shape index (κ1) is 16.1. The van der Waals surface area contributed by atoms with E-state index in [4.69, 9.17) is 15.0 Å². The van der Waals surface area contributed by atoms with Crippen LogP contribution in [0, 0.1) is 25.2 Å². The average Bonchev–Trinajstić information content (AvgIpc) is 2.90. The van der Waals surface area contributed by atoms with Crippen LogP contribution in [0.5, 0.6) is 5.75 Å². The smallest absolute Gasteiger partial charge is 0.118 e. The molecule has 0 atom stereocenters. The van der Waals surface area contributed by atoms with Gasteiger partial charge in [0.2, 0.25) is 0 Å². The van der Waals surface area contributed by atoms with E-state index in [9.17, 15) is 0 Å². The van der Waals surface area contributed by atoms with E-state index in [-0.39, 0.29) is 0 Å². The molecule has 0 spiro atoms. The maximum absolute atomic E-state index is 8.98. The average molecular weight is 319 g/mol. The summed E-state index contributed by atoms with van der Waals surface area (Å²) in [5.41, 5.74) is 5.77. The first-order valence-corrected chi connectivity index (χ1v) is 8.08. The molecule has 0 saturated carbocycles. The van der Waals surface area contributed by atoms with E-state index in [0.29, 0.717) is 13.0 Å². The topological polar surface area (TPSA) is 50.8 Å². The molecule has 0 amide bonds. The number of hydrogen-bond acceptors (Lipinski definition) is 3. The first-order valence-electron chi connectivity index (χ1n) is 8.08.